The number of hydrogen-bond acceptors (Lipinski definition) is 5. The maximum absolute atomic E-state index is 13.6. The number of hydrogen-bond donors (Lipinski definition) is 0. The van der Waals surface area contributed by atoms with Crippen molar-refractivity contribution in [1.29, 1.82) is 0 Å². The predicted molar refractivity (Wildman–Crippen MR) is 96.8 cm³/mol. The van der Waals surface area contributed by atoms with Crippen molar-refractivity contribution in [2.75, 3.05) is 26.5 Å². The summed E-state index contributed by atoms with van der Waals surface area (Å²) in [6, 6.07) is 9.03. The molecule has 0 saturated carbocycles. The van der Waals surface area contributed by atoms with Crippen LogP contribution in [0.3, 0.4) is 0 Å². The molecule has 8 heteroatoms. The fourth-order valence-electron chi connectivity index (χ4n) is 2.03. The van der Waals surface area contributed by atoms with Crippen LogP contribution in [-0.2, 0) is 9.53 Å². The zero-order chi connectivity index (χ0) is 20.0. The number of carbonyl (C=O) groups excluding carboxylic acids is 3. The van der Waals surface area contributed by atoms with Gasteiger partial charge in [0.15, 0.2) is 6.61 Å². The molecule has 0 atom stereocenters. The predicted octanol–water partition coefficient (Wildman–Crippen LogP) is 3.18. The number of thioether (sulfide) groups is 1. The molecule has 0 aliphatic rings. The summed E-state index contributed by atoms with van der Waals surface area (Å²) in [5.41, 5.74) is -0.162. The molecule has 0 saturated heterocycles. The van der Waals surface area contributed by atoms with Gasteiger partial charge in [0.05, 0.1) is 16.9 Å². The molecule has 2 aromatic rings. The number of amides is 1. The maximum Gasteiger partial charge on any atom is 0.339 e. The zero-order valence-corrected chi connectivity index (χ0v) is 15.5. The van der Waals surface area contributed by atoms with Crippen LogP contribution in [0.25, 0.3) is 0 Å². The van der Waals surface area contributed by atoms with E-state index in [0.29, 0.717) is 11.0 Å². The Kier molecular flexibility index (Phi) is 7.06. The average molecular weight is 393 g/mol. The molecule has 1 amide bonds. The van der Waals surface area contributed by atoms with E-state index < -0.39 is 30.0 Å². The van der Waals surface area contributed by atoms with Crippen molar-refractivity contribution in [2.45, 2.75) is 4.90 Å². The highest BCUT2D eigenvalue weighted by atomic mass is 32.2. The molecule has 0 aliphatic carbocycles. The second kappa shape index (κ2) is 9.27. The number of Topliss-reactive ketones (excluding diaryl/α,β-unsaturated/α-hetero) is 1. The Balaban J connectivity index is 2.03. The van der Waals surface area contributed by atoms with Gasteiger partial charge in [-0.2, -0.15) is 0 Å². The normalized spacial score (nSPS) is 10.4. The van der Waals surface area contributed by atoms with Crippen LogP contribution < -0.4 is 0 Å². The van der Waals surface area contributed by atoms with Gasteiger partial charge < -0.3 is 9.64 Å². The zero-order valence-electron chi connectivity index (χ0n) is 14.7. The van der Waals surface area contributed by atoms with Crippen molar-refractivity contribution in [3.05, 3.63) is 65.2 Å². The standard InChI is InChI=1S/C19H17F2NO4S/c1-22(2)18(24)11-27-17-6-4-3-5-14(17)19(25)26-10-16(23)13-8-7-12(20)9-15(13)21/h3-9H,10-11H2,1-2H3. The molecule has 2 rings (SSSR count). The third kappa shape index (κ3) is 5.62. The smallest absolute Gasteiger partial charge is 0.339 e. The molecule has 0 aromatic heterocycles. The Labute approximate surface area is 159 Å². The van der Waals surface area contributed by atoms with Crippen LogP contribution in [0.2, 0.25) is 0 Å². The molecule has 0 fully saturated rings. The summed E-state index contributed by atoms with van der Waals surface area (Å²) >= 11 is 1.17. The van der Waals surface area contributed by atoms with Crippen LogP contribution in [0, 0.1) is 11.6 Å². The van der Waals surface area contributed by atoms with Crippen molar-refractivity contribution >= 4 is 29.4 Å². The highest BCUT2D eigenvalue weighted by Crippen LogP contribution is 2.23. The van der Waals surface area contributed by atoms with Crippen molar-refractivity contribution in [3.63, 3.8) is 0 Å². The second-order valence-electron chi connectivity index (χ2n) is 5.70. The first-order valence-electron chi connectivity index (χ1n) is 7.87. The van der Waals surface area contributed by atoms with E-state index in [0.717, 1.165) is 12.1 Å². The van der Waals surface area contributed by atoms with Gasteiger partial charge in [-0.1, -0.05) is 12.1 Å². The number of rotatable bonds is 7. The van der Waals surface area contributed by atoms with E-state index >= 15 is 0 Å². The fourth-order valence-corrected chi connectivity index (χ4v) is 3.05. The van der Waals surface area contributed by atoms with Crippen LogP contribution >= 0.6 is 11.8 Å². The number of esters is 1. The van der Waals surface area contributed by atoms with E-state index in [2.05, 4.69) is 0 Å². The van der Waals surface area contributed by atoms with Crippen LogP contribution in [-0.4, -0.2) is 49.0 Å². The van der Waals surface area contributed by atoms with Gasteiger partial charge in [-0.3, -0.25) is 9.59 Å². The Morgan fingerprint density at radius 3 is 2.41 bits per heavy atom. The lowest BCUT2D eigenvalue weighted by molar-refractivity contribution is -0.125. The van der Waals surface area contributed by atoms with Crippen molar-refractivity contribution < 1.29 is 27.9 Å². The average Bonchev–Trinajstić information content (AvgIpc) is 2.64. The Morgan fingerprint density at radius 1 is 1.04 bits per heavy atom. The molecule has 5 nitrogen and oxygen atoms in total. The molecule has 0 bridgehead atoms. The van der Waals surface area contributed by atoms with Crippen molar-refractivity contribution in [2.24, 2.45) is 0 Å². The topological polar surface area (TPSA) is 63.7 Å². The van der Waals surface area contributed by atoms with Gasteiger partial charge in [0, 0.05) is 25.1 Å². The SMILES string of the molecule is CN(C)C(=O)CSc1ccccc1C(=O)OCC(=O)c1ccc(F)cc1F. The molecule has 0 spiro atoms. The van der Waals surface area contributed by atoms with Crippen molar-refractivity contribution in [1.82, 2.24) is 4.90 Å². The van der Waals surface area contributed by atoms with Gasteiger partial charge in [-0.05, 0) is 24.3 Å². The monoisotopic (exact) mass is 393 g/mol. The summed E-state index contributed by atoms with van der Waals surface area (Å²) < 4.78 is 31.5. The summed E-state index contributed by atoms with van der Waals surface area (Å²) in [6.45, 7) is -0.684. The summed E-state index contributed by atoms with van der Waals surface area (Å²) in [7, 11) is 3.26. The van der Waals surface area contributed by atoms with Crippen LogP contribution in [0.4, 0.5) is 8.78 Å². The highest BCUT2D eigenvalue weighted by molar-refractivity contribution is 8.00. The number of halogens is 2. The van der Waals surface area contributed by atoms with Gasteiger partial charge in [0.2, 0.25) is 11.7 Å². The van der Waals surface area contributed by atoms with E-state index in [9.17, 15) is 23.2 Å². The Morgan fingerprint density at radius 2 is 1.74 bits per heavy atom. The molecule has 0 radical (unpaired) electrons. The fraction of sp³-hybridized carbons (Fsp3) is 0.211. The molecule has 142 valence electrons. The number of ether oxygens (including phenoxy) is 1. The Hall–Kier alpha value is -2.74. The van der Waals surface area contributed by atoms with Gasteiger partial charge in [-0.25, -0.2) is 13.6 Å². The van der Waals surface area contributed by atoms with E-state index in [-0.39, 0.29) is 22.8 Å². The largest absolute Gasteiger partial charge is 0.454 e. The first kappa shape index (κ1) is 20.6. The third-order valence-corrected chi connectivity index (χ3v) is 4.58. The highest BCUT2D eigenvalue weighted by Gasteiger charge is 2.18. The second-order valence-corrected chi connectivity index (χ2v) is 6.71. The summed E-state index contributed by atoms with van der Waals surface area (Å²) in [6.07, 6.45) is 0. The number of benzene rings is 2. The number of nitrogens with zero attached hydrogens (tertiary/aromatic N) is 1. The molecule has 0 unspecified atom stereocenters. The first-order chi connectivity index (χ1) is 12.8. The molecule has 0 N–H and O–H groups in total. The van der Waals surface area contributed by atoms with Gasteiger partial charge in [0.25, 0.3) is 0 Å². The molecule has 0 aliphatic heterocycles. The lowest BCUT2D eigenvalue weighted by atomic mass is 10.1. The van der Waals surface area contributed by atoms with Gasteiger partial charge in [-0.15, -0.1) is 11.8 Å². The molecule has 2 aromatic carbocycles. The van der Waals surface area contributed by atoms with Crippen LogP contribution in [0.15, 0.2) is 47.4 Å². The molecule has 0 heterocycles. The van der Waals surface area contributed by atoms with E-state index in [1.807, 2.05) is 0 Å². The van der Waals surface area contributed by atoms with Gasteiger partial charge in [0.1, 0.15) is 11.6 Å². The first-order valence-corrected chi connectivity index (χ1v) is 8.85. The molecular formula is C19H17F2NO4S. The molecule has 27 heavy (non-hydrogen) atoms. The van der Waals surface area contributed by atoms with Gasteiger partial charge >= 0.3 is 5.97 Å². The van der Waals surface area contributed by atoms with Crippen molar-refractivity contribution in [3.8, 4) is 0 Å². The Bertz CT molecular complexity index is 871. The summed E-state index contributed by atoms with van der Waals surface area (Å²) in [5, 5.41) is 0. The quantitative estimate of drug-likeness (QED) is 0.411. The maximum atomic E-state index is 13.6. The van der Waals surface area contributed by atoms with Crippen LogP contribution in [0.1, 0.15) is 20.7 Å². The lowest BCUT2D eigenvalue weighted by Gasteiger charge is -2.12. The summed E-state index contributed by atoms with van der Waals surface area (Å²) in [4.78, 5) is 37.9. The molecular weight excluding hydrogens is 376 g/mol. The van der Waals surface area contributed by atoms with Crippen LogP contribution in [0.5, 0.6) is 0 Å². The minimum atomic E-state index is -1.02. The van der Waals surface area contributed by atoms with E-state index in [4.69, 9.17) is 4.74 Å². The number of carbonyl (C=O) groups is 3. The van der Waals surface area contributed by atoms with E-state index in [1.165, 1.54) is 22.7 Å². The minimum Gasteiger partial charge on any atom is -0.454 e. The third-order valence-electron chi connectivity index (χ3n) is 3.52. The minimum absolute atomic E-state index is 0.120. The van der Waals surface area contributed by atoms with E-state index in [1.54, 1.807) is 32.3 Å². The number of ketones is 1. The lowest BCUT2D eigenvalue weighted by Crippen LogP contribution is -2.23. The summed E-state index contributed by atoms with van der Waals surface area (Å²) in [5.74, 6) is -3.37.